The second-order valence-electron chi connectivity index (χ2n) is 11.0. The second-order valence-corrected chi connectivity index (χ2v) is 11.5. The first kappa shape index (κ1) is 49.2. The molecule has 0 saturated carbocycles. The van der Waals surface area contributed by atoms with E-state index in [0.29, 0.717) is 23.4 Å². The maximum atomic E-state index is 12.6. The van der Waals surface area contributed by atoms with Crippen LogP contribution in [-0.2, 0) is 22.1 Å². The van der Waals surface area contributed by atoms with Gasteiger partial charge in [0.25, 0.3) is 0 Å². The number of carbonyl (C=O) groups excluding carboxylic acids is 1. The van der Waals surface area contributed by atoms with Gasteiger partial charge in [-0.25, -0.2) is 0 Å². The number of hydrogen-bond donors (Lipinski definition) is 1. The summed E-state index contributed by atoms with van der Waals surface area (Å²) in [6.07, 6.45) is 3.73. The van der Waals surface area contributed by atoms with Crippen molar-refractivity contribution >= 4 is 17.5 Å². The highest BCUT2D eigenvalue weighted by Gasteiger charge is 2.42. The van der Waals surface area contributed by atoms with Crippen molar-refractivity contribution in [3.63, 3.8) is 0 Å². The van der Waals surface area contributed by atoms with Gasteiger partial charge in [0.1, 0.15) is 0 Å². The fourth-order valence-electron chi connectivity index (χ4n) is 4.04. The number of nitrogens with zero attached hydrogens (tertiary/aromatic N) is 1. The molecule has 0 bridgehead atoms. The van der Waals surface area contributed by atoms with E-state index in [2.05, 4.69) is 28.4 Å². The van der Waals surface area contributed by atoms with Crippen molar-refractivity contribution in [2.45, 2.75) is 78.6 Å². The van der Waals surface area contributed by atoms with E-state index in [9.17, 15) is 31.1 Å². The fourth-order valence-corrected chi connectivity index (χ4v) is 4.15. The zero-order valence-corrected chi connectivity index (χ0v) is 31.6. The molecule has 1 aromatic heterocycles. The molecule has 1 amide bonds. The van der Waals surface area contributed by atoms with E-state index in [4.69, 9.17) is 11.6 Å². The number of allylic oxidation sites excluding steroid dienone is 4. The van der Waals surface area contributed by atoms with Crippen LogP contribution in [0.2, 0.25) is 5.02 Å². The summed E-state index contributed by atoms with van der Waals surface area (Å²) in [6, 6.07) is 18.4. The molecule has 0 radical (unpaired) electrons. The van der Waals surface area contributed by atoms with Gasteiger partial charge in [-0.05, 0) is 87.3 Å². The Kier molecular flexibility index (Phi) is 26.8. The fraction of sp³-hybridized carbons (Fsp3) is 0.400. The number of nitrogens with one attached hydrogen (secondary N) is 1. The van der Waals surface area contributed by atoms with Gasteiger partial charge in [0.05, 0.1) is 10.6 Å². The molecular formula is C40H53ClF6N2O2. The normalized spacial score (nSPS) is 12.1. The largest absolute Gasteiger partial charge is 0.416 e. The summed E-state index contributed by atoms with van der Waals surface area (Å²) in [7, 11) is 4.44. The van der Waals surface area contributed by atoms with E-state index in [0.717, 1.165) is 36.2 Å². The molecule has 3 aromatic rings. The number of halogens is 7. The highest BCUT2D eigenvalue weighted by molar-refractivity contribution is 6.30. The van der Waals surface area contributed by atoms with Crippen LogP contribution in [0.3, 0.4) is 0 Å². The lowest BCUT2D eigenvalue weighted by Crippen LogP contribution is -2.36. The third-order valence-electron chi connectivity index (χ3n) is 6.87. The molecule has 3 rings (SSSR count). The summed E-state index contributed by atoms with van der Waals surface area (Å²) in [5.41, 5.74) is 2.97. The van der Waals surface area contributed by atoms with E-state index in [1.54, 1.807) is 33.4 Å². The molecule has 2 atom stereocenters. The molecule has 1 N–H and O–H groups in total. The van der Waals surface area contributed by atoms with Gasteiger partial charge >= 0.3 is 12.4 Å². The number of methoxy groups -OCH3 is 1. The van der Waals surface area contributed by atoms with Crippen LogP contribution in [0.5, 0.6) is 0 Å². The average molecular weight is 743 g/mol. The van der Waals surface area contributed by atoms with Crippen LogP contribution >= 0.6 is 11.6 Å². The van der Waals surface area contributed by atoms with Gasteiger partial charge in [-0.15, -0.1) is 6.58 Å². The topological polar surface area (TPSA) is 51.2 Å². The van der Waals surface area contributed by atoms with E-state index in [-0.39, 0.29) is 5.92 Å². The smallest absolute Gasteiger partial charge is 0.388 e. The van der Waals surface area contributed by atoms with Gasteiger partial charge in [0.2, 0.25) is 5.91 Å². The van der Waals surface area contributed by atoms with Crippen LogP contribution in [0.1, 0.15) is 73.9 Å². The molecule has 0 fully saturated rings. The predicted octanol–water partition coefficient (Wildman–Crippen LogP) is 12.1. The first-order valence-electron chi connectivity index (χ1n) is 16.3. The van der Waals surface area contributed by atoms with Crippen LogP contribution in [0.25, 0.3) is 0 Å². The standard InChI is InChI=1S/C12H15F3.C11H16F3NO.C9H10.C6H6ClN.C2H6O/c1-4-8(2)10-6-5-7-11(9(10)3)12(13,14)15;1-3-4-5-6-7-8-9(10(16)15-2)11(12,13)14;1-2-6-9-7-4-3-5-8-9;1-5-2-3-6(7)4-8-5;1-3-2/h5-8H,4H2,1-3H3;3-4,7-9H,5-6H2,1-2H3,(H,15,16);2-5,7-8H,1,6H2;2-4H,1H3;1-2H3/b;4-3-,8-7+;;;. The van der Waals surface area contributed by atoms with Crippen LogP contribution in [0.4, 0.5) is 26.3 Å². The molecule has 0 aliphatic carbocycles. The number of amides is 1. The number of aryl methyl sites for hydroxylation is 1. The molecule has 2 aromatic carbocycles. The summed E-state index contributed by atoms with van der Waals surface area (Å²) in [4.78, 5) is 14.9. The third-order valence-corrected chi connectivity index (χ3v) is 7.09. The van der Waals surface area contributed by atoms with E-state index in [1.807, 2.05) is 81.6 Å². The molecule has 51 heavy (non-hydrogen) atoms. The van der Waals surface area contributed by atoms with Crippen molar-refractivity contribution in [3.8, 4) is 0 Å². The lowest BCUT2D eigenvalue weighted by atomic mass is 9.91. The molecular weight excluding hydrogens is 690 g/mol. The van der Waals surface area contributed by atoms with Gasteiger partial charge in [-0.3, -0.25) is 9.78 Å². The Labute approximate surface area is 305 Å². The van der Waals surface area contributed by atoms with E-state index < -0.39 is 29.7 Å². The van der Waals surface area contributed by atoms with Gasteiger partial charge in [-0.2, -0.15) is 26.3 Å². The van der Waals surface area contributed by atoms with Crippen LogP contribution in [0, 0.1) is 19.8 Å². The summed E-state index contributed by atoms with van der Waals surface area (Å²) >= 11 is 5.55. The molecule has 0 spiro atoms. The number of benzene rings is 2. The van der Waals surface area contributed by atoms with Crippen molar-refractivity contribution in [3.05, 3.63) is 137 Å². The van der Waals surface area contributed by atoms with Crippen LogP contribution in [-0.4, -0.2) is 38.3 Å². The number of carbonyl (C=O) groups is 1. The summed E-state index contributed by atoms with van der Waals surface area (Å²) in [6.45, 7) is 12.9. The number of ether oxygens (including phenoxy) is 1. The SMILES string of the molecule is C/C=C\CC/C=C/C(C(=O)NC)C(F)(F)F.C=CCc1ccccc1.CCC(C)c1cccc(C(F)(F)F)c1C.COC.Cc1ccc(Cl)cn1. The van der Waals surface area contributed by atoms with Crippen LogP contribution in [0.15, 0.2) is 104 Å². The minimum Gasteiger partial charge on any atom is -0.388 e. The van der Waals surface area contributed by atoms with Crippen molar-refractivity contribution < 1.29 is 35.9 Å². The molecule has 0 aliphatic rings. The summed E-state index contributed by atoms with van der Waals surface area (Å²) < 4.78 is 79.3. The summed E-state index contributed by atoms with van der Waals surface area (Å²) in [5, 5.41) is 2.69. The Hall–Kier alpha value is -3.89. The first-order valence-corrected chi connectivity index (χ1v) is 16.7. The number of hydrogen-bond acceptors (Lipinski definition) is 3. The van der Waals surface area contributed by atoms with Gasteiger partial charge in [-0.1, -0.05) is 98.3 Å². The van der Waals surface area contributed by atoms with Crippen molar-refractivity contribution in [1.29, 1.82) is 0 Å². The van der Waals surface area contributed by atoms with Gasteiger partial charge in [0, 0.05) is 33.2 Å². The first-order chi connectivity index (χ1) is 23.9. The van der Waals surface area contributed by atoms with Crippen molar-refractivity contribution in [1.82, 2.24) is 10.3 Å². The number of alkyl halides is 6. The lowest BCUT2D eigenvalue weighted by molar-refractivity contribution is -0.172. The molecule has 4 nitrogen and oxygen atoms in total. The van der Waals surface area contributed by atoms with E-state index in [1.165, 1.54) is 24.8 Å². The van der Waals surface area contributed by atoms with Gasteiger partial charge in [0.15, 0.2) is 5.92 Å². The minimum absolute atomic E-state index is 0.173. The Balaban J connectivity index is 0. The molecule has 0 aliphatic heterocycles. The quantitative estimate of drug-likeness (QED) is 0.135. The molecule has 284 valence electrons. The highest BCUT2D eigenvalue weighted by Crippen LogP contribution is 2.35. The van der Waals surface area contributed by atoms with E-state index >= 15 is 0 Å². The zero-order chi connectivity index (χ0) is 39.5. The highest BCUT2D eigenvalue weighted by atomic mass is 35.5. The number of pyridine rings is 1. The lowest BCUT2D eigenvalue weighted by Gasteiger charge is -2.17. The van der Waals surface area contributed by atoms with Crippen LogP contribution < -0.4 is 5.32 Å². The Morgan fingerprint density at radius 2 is 1.55 bits per heavy atom. The monoisotopic (exact) mass is 742 g/mol. The average Bonchev–Trinajstić information content (AvgIpc) is 3.08. The van der Waals surface area contributed by atoms with Crippen molar-refractivity contribution in [2.75, 3.05) is 21.3 Å². The molecule has 0 saturated heterocycles. The van der Waals surface area contributed by atoms with Crippen molar-refractivity contribution in [2.24, 2.45) is 5.92 Å². The van der Waals surface area contributed by atoms with Gasteiger partial charge < -0.3 is 10.1 Å². The Morgan fingerprint density at radius 1 is 0.961 bits per heavy atom. The predicted molar refractivity (Wildman–Crippen MR) is 199 cm³/mol. The second kappa shape index (κ2) is 27.8. The third kappa shape index (κ3) is 23.3. The number of aromatic nitrogens is 1. The molecule has 11 heteroatoms. The Morgan fingerprint density at radius 3 is 1.98 bits per heavy atom. The zero-order valence-electron chi connectivity index (χ0n) is 30.8. The maximum Gasteiger partial charge on any atom is 0.416 e. The number of rotatable bonds is 9. The number of unbranched alkanes of at least 4 members (excludes halogenated alkanes) is 1. The Bertz CT molecular complexity index is 1390. The molecule has 1 heterocycles. The minimum atomic E-state index is -4.53. The maximum absolute atomic E-state index is 12.6. The molecule has 2 unspecified atom stereocenters. The summed E-state index contributed by atoms with van der Waals surface area (Å²) in [5.74, 6) is -2.91.